The summed E-state index contributed by atoms with van der Waals surface area (Å²) in [6, 6.07) is 13.8. The highest BCUT2D eigenvalue weighted by atomic mass is 35.5. The first-order chi connectivity index (χ1) is 13.0. The Morgan fingerprint density at radius 2 is 1.64 bits per heavy atom. The number of halogens is 2. The third kappa shape index (κ3) is 6.84. The Bertz CT molecular complexity index is 829. The van der Waals surface area contributed by atoms with Gasteiger partial charge in [-0.2, -0.15) is 0 Å². The van der Waals surface area contributed by atoms with E-state index in [-0.39, 0.29) is 23.8 Å². The van der Waals surface area contributed by atoms with Gasteiger partial charge in [0.2, 0.25) is 11.8 Å². The maximum Gasteiger partial charge on any atom is 0.242 e. The van der Waals surface area contributed by atoms with Crippen LogP contribution in [-0.2, 0) is 22.6 Å². The van der Waals surface area contributed by atoms with Crippen molar-refractivity contribution in [2.75, 3.05) is 0 Å². The number of carbonyl (C=O) groups excluding carboxylic acids is 2. The largest absolute Gasteiger partial charge is 0.350 e. The average Bonchev–Trinajstić information content (AvgIpc) is 2.59. The lowest BCUT2D eigenvalue weighted by atomic mass is 10.1. The molecule has 2 amide bonds. The molecule has 150 valence electrons. The zero-order valence-electron chi connectivity index (χ0n) is 16.6. The van der Waals surface area contributed by atoms with Crippen molar-refractivity contribution in [3.63, 3.8) is 0 Å². The second-order valence-electron chi connectivity index (χ2n) is 7.87. The zero-order chi connectivity index (χ0) is 20.9. The molecule has 0 bridgehead atoms. The Balaban J connectivity index is 2.24. The third-order valence-corrected chi connectivity index (χ3v) is 4.66. The second-order valence-corrected chi connectivity index (χ2v) is 8.74. The Morgan fingerprint density at radius 3 is 2.21 bits per heavy atom. The minimum Gasteiger partial charge on any atom is -0.350 e. The lowest BCUT2D eigenvalue weighted by molar-refractivity contribution is -0.140. The van der Waals surface area contributed by atoms with Crippen LogP contribution in [-0.4, -0.2) is 28.3 Å². The molecule has 0 saturated heterocycles. The van der Waals surface area contributed by atoms with Gasteiger partial charge in [0, 0.05) is 22.1 Å². The van der Waals surface area contributed by atoms with Gasteiger partial charge >= 0.3 is 0 Å². The summed E-state index contributed by atoms with van der Waals surface area (Å²) in [6.45, 7) is 7.77. The molecule has 4 nitrogen and oxygen atoms in total. The number of benzene rings is 2. The molecule has 1 unspecified atom stereocenters. The van der Waals surface area contributed by atoms with Gasteiger partial charge in [0.05, 0.1) is 6.42 Å². The van der Waals surface area contributed by atoms with E-state index in [2.05, 4.69) is 5.32 Å². The van der Waals surface area contributed by atoms with E-state index in [1.54, 1.807) is 36.1 Å². The highest BCUT2D eigenvalue weighted by Gasteiger charge is 2.28. The van der Waals surface area contributed by atoms with Crippen LogP contribution in [0.15, 0.2) is 48.5 Å². The van der Waals surface area contributed by atoms with Gasteiger partial charge in [0.25, 0.3) is 0 Å². The summed E-state index contributed by atoms with van der Waals surface area (Å²) in [5, 5.41) is 4.15. The maximum atomic E-state index is 13.1. The van der Waals surface area contributed by atoms with Gasteiger partial charge in [0.1, 0.15) is 6.04 Å². The van der Waals surface area contributed by atoms with Crippen molar-refractivity contribution in [1.82, 2.24) is 10.2 Å². The normalized spacial score (nSPS) is 12.4. The first kappa shape index (κ1) is 22.3. The third-order valence-electron chi connectivity index (χ3n) is 4.18. The fourth-order valence-electron chi connectivity index (χ4n) is 2.77. The van der Waals surface area contributed by atoms with E-state index in [9.17, 15) is 9.59 Å². The molecule has 0 aromatic heterocycles. The summed E-state index contributed by atoms with van der Waals surface area (Å²) in [5.41, 5.74) is 1.33. The molecule has 2 aromatic carbocycles. The smallest absolute Gasteiger partial charge is 0.242 e. The standard InChI is InChI=1S/C22H26Cl2N2O2/c1-15(21(28)25-22(2,3)4)26(14-17-6-5-7-19(24)12-17)20(27)13-16-8-10-18(23)11-9-16/h5-12,15H,13-14H2,1-4H3,(H,25,28). The quantitative estimate of drug-likeness (QED) is 0.724. The first-order valence-electron chi connectivity index (χ1n) is 9.15. The molecular weight excluding hydrogens is 395 g/mol. The minimum atomic E-state index is -0.627. The van der Waals surface area contributed by atoms with Crippen LogP contribution in [0.25, 0.3) is 0 Å². The highest BCUT2D eigenvalue weighted by molar-refractivity contribution is 6.30. The van der Waals surface area contributed by atoms with Crippen molar-refractivity contribution in [2.45, 2.75) is 52.2 Å². The van der Waals surface area contributed by atoms with Crippen LogP contribution < -0.4 is 5.32 Å². The van der Waals surface area contributed by atoms with Gasteiger partial charge in [-0.25, -0.2) is 0 Å². The number of nitrogens with zero attached hydrogens (tertiary/aromatic N) is 1. The van der Waals surface area contributed by atoms with Crippen LogP contribution in [0.2, 0.25) is 10.0 Å². The first-order valence-corrected chi connectivity index (χ1v) is 9.91. The van der Waals surface area contributed by atoms with E-state index in [0.717, 1.165) is 11.1 Å². The van der Waals surface area contributed by atoms with E-state index >= 15 is 0 Å². The topological polar surface area (TPSA) is 49.4 Å². The van der Waals surface area contributed by atoms with E-state index in [1.807, 2.05) is 45.0 Å². The average molecular weight is 421 g/mol. The monoisotopic (exact) mass is 420 g/mol. The fourth-order valence-corrected chi connectivity index (χ4v) is 3.11. The molecular formula is C22H26Cl2N2O2. The molecule has 0 saturated carbocycles. The van der Waals surface area contributed by atoms with Gasteiger partial charge in [0.15, 0.2) is 0 Å². The Hall–Kier alpha value is -2.04. The molecule has 6 heteroatoms. The number of hydrogen-bond donors (Lipinski definition) is 1. The number of hydrogen-bond acceptors (Lipinski definition) is 2. The Labute approximate surface area is 176 Å². The predicted molar refractivity (Wildman–Crippen MR) is 115 cm³/mol. The van der Waals surface area contributed by atoms with E-state index in [1.165, 1.54) is 0 Å². The van der Waals surface area contributed by atoms with Gasteiger partial charge in [-0.1, -0.05) is 47.5 Å². The fraction of sp³-hybridized carbons (Fsp3) is 0.364. The van der Waals surface area contributed by atoms with Crippen molar-refractivity contribution < 1.29 is 9.59 Å². The van der Waals surface area contributed by atoms with Crippen molar-refractivity contribution in [3.05, 3.63) is 69.7 Å². The molecule has 2 rings (SSSR count). The number of amides is 2. The number of rotatable bonds is 6. The molecule has 2 aromatic rings. The maximum absolute atomic E-state index is 13.1. The van der Waals surface area contributed by atoms with Crippen molar-refractivity contribution >= 4 is 35.0 Å². The van der Waals surface area contributed by atoms with Gasteiger partial charge in [-0.15, -0.1) is 0 Å². The van der Waals surface area contributed by atoms with Crippen LogP contribution in [0.1, 0.15) is 38.8 Å². The summed E-state index contributed by atoms with van der Waals surface area (Å²) in [6.07, 6.45) is 0.185. The van der Waals surface area contributed by atoms with E-state index in [4.69, 9.17) is 23.2 Å². The van der Waals surface area contributed by atoms with Gasteiger partial charge in [-0.3, -0.25) is 9.59 Å². The number of nitrogens with one attached hydrogen (secondary N) is 1. The van der Waals surface area contributed by atoms with E-state index in [0.29, 0.717) is 16.6 Å². The highest BCUT2D eigenvalue weighted by Crippen LogP contribution is 2.17. The van der Waals surface area contributed by atoms with Crippen LogP contribution in [0.4, 0.5) is 0 Å². The summed E-state index contributed by atoms with van der Waals surface area (Å²) < 4.78 is 0. The zero-order valence-corrected chi connectivity index (χ0v) is 18.1. The van der Waals surface area contributed by atoms with Gasteiger partial charge < -0.3 is 10.2 Å². The van der Waals surface area contributed by atoms with E-state index < -0.39 is 6.04 Å². The summed E-state index contributed by atoms with van der Waals surface area (Å²) in [4.78, 5) is 27.4. The molecule has 0 aliphatic rings. The van der Waals surface area contributed by atoms with Crippen LogP contribution in [0.5, 0.6) is 0 Å². The predicted octanol–water partition coefficient (Wildman–Crippen LogP) is 4.87. The number of carbonyl (C=O) groups is 2. The lowest BCUT2D eigenvalue weighted by Crippen LogP contribution is -2.52. The molecule has 0 aliphatic heterocycles. The van der Waals surface area contributed by atoms with Crippen molar-refractivity contribution in [1.29, 1.82) is 0 Å². The van der Waals surface area contributed by atoms with Crippen LogP contribution in [0.3, 0.4) is 0 Å². The molecule has 28 heavy (non-hydrogen) atoms. The molecule has 0 fully saturated rings. The Morgan fingerprint density at radius 1 is 1.00 bits per heavy atom. The SMILES string of the molecule is CC(C(=O)NC(C)(C)C)N(Cc1cccc(Cl)c1)C(=O)Cc1ccc(Cl)cc1. The summed E-state index contributed by atoms with van der Waals surface area (Å²) in [7, 11) is 0. The summed E-state index contributed by atoms with van der Waals surface area (Å²) >= 11 is 12.0. The minimum absolute atomic E-state index is 0.140. The van der Waals surface area contributed by atoms with Crippen molar-refractivity contribution in [3.8, 4) is 0 Å². The van der Waals surface area contributed by atoms with Crippen LogP contribution >= 0.6 is 23.2 Å². The lowest BCUT2D eigenvalue weighted by Gasteiger charge is -2.31. The molecule has 1 N–H and O–H groups in total. The molecule has 1 atom stereocenters. The van der Waals surface area contributed by atoms with Crippen LogP contribution in [0, 0.1) is 0 Å². The summed E-state index contributed by atoms with van der Waals surface area (Å²) in [5.74, 6) is -0.335. The molecule has 0 radical (unpaired) electrons. The molecule has 0 aliphatic carbocycles. The Kier molecular flexibility index (Phi) is 7.50. The van der Waals surface area contributed by atoms with Gasteiger partial charge in [-0.05, 0) is 63.1 Å². The second kappa shape index (κ2) is 9.44. The molecule has 0 heterocycles. The van der Waals surface area contributed by atoms with Crippen molar-refractivity contribution in [2.24, 2.45) is 0 Å². The molecule has 0 spiro atoms.